The van der Waals surface area contributed by atoms with Crippen molar-refractivity contribution in [2.45, 2.75) is 21.2 Å². The van der Waals surface area contributed by atoms with Crippen molar-refractivity contribution in [1.82, 2.24) is 4.98 Å². The van der Waals surface area contributed by atoms with E-state index in [0.717, 1.165) is 5.56 Å². The number of sulfone groups is 1. The van der Waals surface area contributed by atoms with Crippen LogP contribution in [0.1, 0.15) is 15.9 Å². The van der Waals surface area contributed by atoms with Crippen LogP contribution < -0.4 is 4.90 Å². The number of hydrogen-bond donors (Lipinski definition) is 0. The first-order valence-electron chi connectivity index (χ1n) is 9.81. The number of anilines is 1. The Bertz CT molecular complexity index is 1150. The molecule has 1 aliphatic heterocycles. The van der Waals surface area contributed by atoms with Crippen molar-refractivity contribution in [2.75, 3.05) is 37.0 Å². The van der Waals surface area contributed by atoms with Crippen LogP contribution >= 0.6 is 23.1 Å². The minimum absolute atomic E-state index is 0.0170. The zero-order chi connectivity index (χ0) is 21.8. The summed E-state index contributed by atoms with van der Waals surface area (Å²) in [5.74, 6) is 0.182. The molecule has 1 aromatic heterocycles. The number of aryl methyl sites for hydroxylation is 1. The van der Waals surface area contributed by atoms with Crippen LogP contribution in [0.15, 0.2) is 68.9 Å². The summed E-state index contributed by atoms with van der Waals surface area (Å²) in [6.45, 7) is 4.20. The second-order valence-corrected chi connectivity index (χ2v) is 11.1. The number of ketones is 1. The molecule has 0 amide bonds. The van der Waals surface area contributed by atoms with Gasteiger partial charge in [0.1, 0.15) is 5.00 Å². The maximum atomic E-state index is 13.4. The minimum atomic E-state index is -3.79. The van der Waals surface area contributed by atoms with Crippen LogP contribution in [-0.2, 0) is 14.6 Å². The summed E-state index contributed by atoms with van der Waals surface area (Å²) in [7, 11) is -3.79. The molecule has 1 saturated heterocycles. The number of aromatic nitrogens is 1. The van der Waals surface area contributed by atoms with E-state index >= 15 is 0 Å². The van der Waals surface area contributed by atoms with Crippen molar-refractivity contribution in [3.63, 3.8) is 0 Å². The number of Topliss-reactive ketones (excluding diaryl/α,β-unsaturated/α-hetero) is 1. The summed E-state index contributed by atoms with van der Waals surface area (Å²) in [6, 6.07) is 15.8. The summed E-state index contributed by atoms with van der Waals surface area (Å²) in [5.41, 5.74) is 1.62. The number of carbonyl (C=O) groups excluding carboxylic acids is 1. The van der Waals surface area contributed by atoms with Gasteiger partial charge in [0.15, 0.2) is 15.1 Å². The molecule has 1 fully saturated rings. The van der Waals surface area contributed by atoms with Crippen molar-refractivity contribution in [2.24, 2.45) is 0 Å². The number of thioether (sulfide) groups is 1. The second kappa shape index (κ2) is 9.52. The van der Waals surface area contributed by atoms with E-state index < -0.39 is 9.84 Å². The van der Waals surface area contributed by atoms with Crippen LogP contribution in [0.5, 0.6) is 0 Å². The lowest BCUT2D eigenvalue weighted by atomic mass is 10.2. The van der Waals surface area contributed by atoms with Gasteiger partial charge in [-0.15, -0.1) is 0 Å². The normalized spacial score (nSPS) is 14.5. The Labute approximate surface area is 190 Å². The molecular formula is C22H22N2O4S3. The zero-order valence-electron chi connectivity index (χ0n) is 17.0. The van der Waals surface area contributed by atoms with Crippen LogP contribution in [-0.4, -0.2) is 51.2 Å². The monoisotopic (exact) mass is 474 g/mol. The lowest BCUT2D eigenvalue weighted by molar-refractivity contribution is 0.102. The van der Waals surface area contributed by atoms with E-state index in [1.165, 1.54) is 23.1 Å². The minimum Gasteiger partial charge on any atom is -0.378 e. The van der Waals surface area contributed by atoms with Crippen molar-refractivity contribution in [1.29, 1.82) is 0 Å². The quantitative estimate of drug-likeness (QED) is 0.377. The SMILES string of the molecule is Cc1ccc(S(=O)(=O)c2nc(SCC(=O)c3ccccc3)sc2N2CCOCC2)cc1. The van der Waals surface area contributed by atoms with Gasteiger partial charge >= 0.3 is 0 Å². The number of benzene rings is 2. The molecule has 2 aromatic carbocycles. The molecule has 31 heavy (non-hydrogen) atoms. The van der Waals surface area contributed by atoms with Crippen molar-refractivity contribution >= 4 is 43.7 Å². The van der Waals surface area contributed by atoms with E-state index in [9.17, 15) is 13.2 Å². The number of rotatable bonds is 7. The first-order valence-corrected chi connectivity index (χ1v) is 13.1. The third-order valence-electron chi connectivity index (χ3n) is 4.87. The average Bonchev–Trinajstić information content (AvgIpc) is 3.24. The fourth-order valence-corrected chi connectivity index (χ4v) is 6.98. The number of morpholine rings is 1. The summed E-state index contributed by atoms with van der Waals surface area (Å²) >= 11 is 2.59. The van der Waals surface area contributed by atoms with Gasteiger partial charge in [-0.25, -0.2) is 13.4 Å². The molecule has 4 rings (SSSR count). The number of ether oxygens (including phenoxy) is 1. The Morgan fingerprint density at radius 3 is 2.45 bits per heavy atom. The van der Waals surface area contributed by atoms with E-state index in [1.807, 2.05) is 30.0 Å². The summed E-state index contributed by atoms with van der Waals surface area (Å²) < 4.78 is 32.8. The third-order valence-corrected chi connectivity index (χ3v) is 8.94. The first kappa shape index (κ1) is 22.0. The number of hydrogen-bond acceptors (Lipinski definition) is 8. The smallest absolute Gasteiger partial charge is 0.226 e. The van der Waals surface area contributed by atoms with Gasteiger partial charge in [0.05, 0.1) is 23.9 Å². The summed E-state index contributed by atoms with van der Waals surface area (Å²) in [6.07, 6.45) is 0. The van der Waals surface area contributed by atoms with Gasteiger partial charge in [0.25, 0.3) is 0 Å². The van der Waals surface area contributed by atoms with E-state index in [0.29, 0.717) is 41.2 Å². The van der Waals surface area contributed by atoms with Gasteiger partial charge in [0.2, 0.25) is 9.84 Å². The van der Waals surface area contributed by atoms with Gasteiger partial charge in [-0.1, -0.05) is 71.1 Å². The largest absolute Gasteiger partial charge is 0.378 e. The third kappa shape index (κ3) is 5.01. The Kier molecular flexibility index (Phi) is 6.76. The molecule has 1 aliphatic rings. The van der Waals surface area contributed by atoms with Gasteiger partial charge < -0.3 is 9.64 Å². The van der Waals surface area contributed by atoms with Gasteiger partial charge in [-0.3, -0.25) is 4.79 Å². The predicted molar refractivity (Wildman–Crippen MR) is 123 cm³/mol. The lowest BCUT2D eigenvalue weighted by Gasteiger charge is -2.27. The zero-order valence-corrected chi connectivity index (χ0v) is 19.4. The van der Waals surface area contributed by atoms with Gasteiger partial charge in [-0.2, -0.15) is 0 Å². The van der Waals surface area contributed by atoms with E-state index in [-0.39, 0.29) is 21.5 Å². The van der Waals surface area contributed by atoms with Crippen molar-refractivity contribution < 1.29 is 17.9 Å². The van der Waals surface area contributed by atoms with Crippen LogP contribution in [0.3, 0.4) is 0 Å². The van der Waals surface area contributed by atoms with Gasteiger partial charge in [-0.05, 0) is 19.1 Å². The lowest BCUT2D eigenvalue weighted by Crippen LogP contribution is -2.36. The molecular weight excluding hydrogens is 452 g/mol. The van der Waals surface area contributed by atoms with Crippen LogP contribution in [0.4, 0.5) is 5.00 Å². The van der Waals surface area contributed by atoms with Crippen LogP contribution in [0, 0.1) is 6.92 Å². The molecule has 9 heteroatoms. The molecule has 0 radical (unpaired) electrons. The standard InChI is InChI=1S/C22H22N2O4S3/c1-16-7-9-18(10-8-16)31(26,27)20-21(24-11-13-28-14-12-24)30-22(23-20)29-15-19(25)17-5-3-2-4-6-17/h2-10H,11-15H2,1H3. The highest BCUT2D eigenvalue weighted by atomic mass is 32.2. The molecule has 6 nitrogen and oxygen atoms in total. The molecule has 3 aromatic rings. The molecule has 0 saturated carbocycles. The maximum absolute atomic E-state index is 13.4. The van der Waals surface area contributed by atoms with Crippen molar-refractivity contribution in [3.8, 4) is 0 Å². The highest BCUT2D eigenvalue weighted by Gasteiger charge is 2.30. The fourth-order valence-electron chi connectivity index (χ4n) is 3.15. The molecule has 2 heterocycles. The van der Waals surface area contributed by atoms with Crippen LogP contribution in [0.2, 0.25) is 0 Å². The van der Waals surface area contributed by atoms with Crippen LogP contribution in [0.25, 0.3) is 0 Å². The topological polar surface area (TPSA) is 76.6 Å². The highest BCUT2D eigenvalue weighted by molar-refractivity contribution is 8.01. The number of nitrogens with zero attached hydrogens (tertiary/aromatic N) is 2. The average molecular weight is 475 g/mol. The maximum Gasteiger partial charge on any atom is 0.226 e. The number of carbonyl (C=O) groups is 1. The molecule has 0 N–H and O–H groups in total. The van der Waals surface area contributed by atoms with E-state index in [2.05, 4.69) is 4.98 Å². The molecule has 0 spiro atoms. The van der Waals surface area contributed by atoms with E-state index in [1.54, 1.807) is 36.4 Å². The Morgan fingerprint density at radius 2 is 1.77 bits per heavy atom. The first-order chi connectivity index (χ1) is 14.9. The van der Waals surface area contributed by atoms with E-state index in [4.69, 9.17) is 4.74 Å². The molecule has 162 valence electrons. The fraction of sp³-hybridized carbons (Fsp3) is 0.273. The Hall–Kier alpha value is -2.20. The second-order valence-electron chi connectivity index (χ2n) is 7.08. The highest BCUT2D eigenvalue weighted by Crippen LogP contribution is 2.39. The predicted octanol–water partition coefficient (Wildman–Crippen LogP) is 4.10. The molecule has 0 atom stereocenters. The Morgan fingerprint density at radius 1 is 1.10 bits per heavy atom. The number of thiazole rings is 1. The van der Waals surface area contributed by atoms with Gasteiger partial charge in [0, 0.05) is 18.7 Å². The molecule has 0 unspecified atom stereocenters. The molecule has 0 bridgehead atoms. The summed E-state index contributed by atoms with van der Waals surface area (Å²) in [4.78, 5) is 19.2. The molecule has 0 aliphatic carbocycles. The summed E-state index contributed by atoms with van der Waals surface area (Å²) in [5, 5.41) is 0.663. The van der Waals surface area contributed by atoms with Crippen molar-refractivity contribution in [3.05, 3.63) is 65.7 Å². The Balaban J connectivity index is 1.64.